The number of anilines is 1. The Bertz CT molecular complexity index is 1500. The molecular formula is C30H28FN5O2. The number of hydrogen-bond acceptors (Lipinski definition) is 4. The molecule has 0 spiro atoms. The number of nitrogens with one attached hydrogen (secondary N) is 2. The average molecular weight is 510 g/mol. The van der Waals surface area contributed by atoms with Gasteiger partial charge >= 0.3 is 0 Å². The molecule has 1 amide bonds. The molecule has 0 radical (unpaired) electrons. The average Bonchev–Trinajstić information content (AvgIpc) is 3.69. The van der Waals surface area contributed by atoms with Crippen LogP contribution in [0.3, 0.4) is 0 Å². The van der Waals surface area contributed by atoms with Crippen LogP contribution in [0.4, 0.5) is 15.8 Å². The summed E-state index contributed by atoms with van der Waals surface area (Å²) < 4.78 is 21.7. The molecule has 1 aliphatic rings. The minimum absolute atomic E-state index is 0.0829. The SMILES string of the molecule is [C-]#[N+]c1cccc(-n2nc(C)cc2C(=O)Nc2cc(C(NCC3CC3)c3ccc(OC)cc3)ccc2F)c1. The van der Waals surface area contributed by atoms with E-state index in [0.29, 0.717) is 23.0 Å². The molecule has 4 aromatic rings. The summed E-state index contributed by atoms with van der Waals surface area (Å²) in [4.78, 5) is 16.8. The van der Waals surface area contributed by atoms with E-state index in [1.54, 1.807) is 56.5 Å². The normalized spacial score (nSPS) is 13.5. The Kier molecular flexibility index (Phi) is 7.20. The Labute approximate surface area is 221 Å². The molecule has 5 rings (SSSR count). The summed E-state index contributed by atoms with van der Waals surface area (Å²) in [6, 6.07) is 20.9. The van der Waals surface area contributed by atoms with Gasteiger partial charge in [0.25, 0.3) is 5.91 Å². The molecule has 1 unspecified atom stereocenters. The van der Waals surface area contributed by atoms with Gasteiger partial charge in [-0.25, -0.2) is 13.9 Å². The first kappa shape index (κ1) is 25.2. The molecule has 1 heterocycles. The molecule has 192 valence electrons. The summed E-state index contributed by atoms with van der Waals surface area (Å²) in [7, 11) is 1.63. The van der Waals surface area contributed by atoms with Crippen LogP contribution in [0.25, 0.3) is 10.5 Å². The Morgan fingerprint density at radius 3 is 2.61 bits per heavy atom. The number of halogens is 1. The Morgan fingerprint density at radius 2 is 1.89 bits per heavy atom. The highest BCUT2D eigenvalue weighted by Gasteiger charge is 2.24. The predicted octanol–water partition coefficient (Wildman–Crippen LogP) is 6.22. The second-order valence-corrected chi connectivity index (χ2v) is 9.47. The van der Waals surface area contributed by atoms with Crippen molar-refractivity contribution in [1.29, 1.82) is 0 Å². The van der Waals surface area contributed by atoms with Gasteiger partial charge in [0.15, 0.2) is 5.69 Å². The van der Waals surface area contributed by atoms with Gasteiger partial charge in [-0.2, -0.15) is 5.10 Å². The maximum atomic E-state index is 15.0. The number of rotatable bonds is 9. The van der Waals surface area contributed by atoms with Gasteiger partial charge in [-0.3, -0.25) is 4.79 Å². The number of amides is 1. The number of benzene rings is 3. The molecule has 1 saturated carbocycles. The number of ether oxygens (including phenoxy) is 1. The number of aromatic nitrogens is 2. The van der Waals surface area contributed by atoms with Crippen LogP contribution in [-0.2, 0) is 0 Å². The van der Waals surface area contributed by atoms with E-state index in [1.807, 2.05) is 24.3 Å². The fourth-order valence-electron chi connectivity index (χ4n) is 4.39. The standard InChI is InChI=1S/C30H28FN5O2/c1-19-15-28(36(35-19)24-6-4-5-23(17-24)32-2)30(37)34-27-16-22(11-14-26(27)31)29(33-18-20-7-8-20)21-9-12-25(38-3)13-10-21/h4-6,9-17,20,29,33H,7-8,18H2,1,3H3,(H,34,37). The zero-order chi connectivity index (χ0) is 26.6. The van der Waals surface area contributed by atoms with Gasteiger partial charge in [-0.05, 0) is 85.8 Å². The summed E-state index contributed by atoms with van der Waals surface area (Å²) in [5.41, 5.74) is 3.82. The lowest BCUT2D eigenvalue weighted by Gasteiger charge is -2.21. The molecule has 3 aromatic carbocycles. The van der Waals surface area contributed by atoms with Crippen LogP contribution in [0.2, 0.25) is 0 Å². The van der Waals surface area contributed by atoms with Gasteiger partial charge in [0.2, 0.25) is 0 Å². The Balaban J connectivity index is 1.44. The highest BCUT2D eigenvalue weighted by molar-refractivity contribution is 6.03. The minimum Gasteiger partial charge on any atom is -0.497 e. The van der Waals surface area contributed by atoms with Crippen LogP contribution in [0.15, 0.2) is 72.8 Å². The van der Waals surface area contributed by atoms with Gasteiger partial charge in [-0.15, -0.1) is 0 Å². The molecule has 2 N–H and O–H groups in total. The quantitative estimate of drug-likeness (QED) is 0.263. The van der Waals surface area contributed by atoms with Crippen LogP contribution in [-0.4, -0.2) is 29.3 Å². The summed E-state index contributed by atoms with van der Waals surface area (Å²) in [6.07, 6.45) is 2.41. The summed E-state index contributed by atoms with van der Waals surface area (Å²) >= 11 is 0. The topological polar surface area (TPSA) is 72.5 Å². The monoisotopic (exact) mass is 509 g/mol. The molecular weight excluding hydrogens is 481 g/mol. The van der Waals surface area contributed by atoms with Crippen LogP contribution in [0, 0.1) is 25.2 Å². The van der Waals surface area contributed by atoms with Crippen molar-refractivity contribution in [3.05, 3.63) is 113 Å². The first-order valence-electron chi connectivity index (χ1n) is 12.5. The zero-order valence-electron chi connectivity index (χ0n) is 21.2. The Hall–Kier alpha value is -4.48. The Morgan fingerprint density at radius 1 is 1.13 bits per heavy atom. The first-order chi connectivity index (χ1) is 18.4. The summed E-state index contributed by atoms with van der Waals surface area (Å²) in [5.74, 6) is 0.383. The van der Waals surface area contributed by atoms with E-state index in [-0.39, 0.29) is 17.4 Å². The van der Waals surface area contributed by atoms with Crippen LogP contribution in [0.5, 0.6) is 5.75 Å². The largest absolute Gasteiger partial charge is 0.497 e. The van der Waals surface area contributed by atoms with E-state index in [2.05, 4.69) is 20.6 Å². The van der Waals surface area contributed by atoms with Crippen molar-refractivity contribution in [2.75, 3.05) is 19.0 Å². The van der Waals surface area contributed by atoms with Crippen LogP contribution in [0.1, 0.15) is 46.2 Å². The maximum Gasteiger partial charge on any atom is 0.274 e. The predicted molar refractivity (Wildman–Crippen MR) is 144 cm³/mol. The fraction of sp³-hybridized carbons (Fsp3) is 0.233. The highest BCUT2D eigenvalue weighted by atomic mass is 19.1. The number of carbonyl (C=O) groups is 1. The molecule has 8 heteroatoms. The molecule has 0 bridgehead atoms. The van der Waals surface area contributed by atoms with E-state index < -0.39 is 11.7 Å². The third-order valence-corrected chi connectivity index (χ3v) is 6.60. The highest BCUT2D eigenvalue weighted by Crippen LogP contribution is 2.32. The lowest BCUT2D eigenvalue weighted by Crippen LogP contribution is -2.25. The number of aryl methyl sites for hydroxylation is 1. The van der Waals surface area contributed by atoms with Crippen molar-refractivity contribution < 1.29 is 13.9 Å². The van der Waals surface area contributed by atoms with Crippen molar-refractivity contribution in [2.24, 2.45) is 5.92 Å². The van der Waals surface area contributed by atoms with Crippen LogP contribution < -0.4 is 15.4 Å². The third-order valence-electron chi connectivity index (χ3n) is 6.60. The van der Waals surface area contributed by atoms with E-state index >= 15 is 0 Å². The minimum atomic E-state index is -0.532. The van der Waals surface area contributed by atoms with Gasteiger partial charge in [0, 0.05) is 0 Å². The molecule has 1 fully saturated rings. The van der Waals surface area contributed by atoms with E-state index in [0.717, 1.165) is 23.4 Å². The van der Waals surface area contributed by atoms with Gasteiger partial charge in [0.1, 0.15) is 17.3 Å². The lowest BCUT2D eigenvalue weighted by atomic mass is 9.97. The molecule has 1 atom stereocenters. The van der Waals surface area contributed by atoms with E-state index in [1.165, 1.54) is 23.6 Å². The second kappa shape index (κ2) is 10.9. The summed E-state index contributed by atoms with van der Waals surface area (Å²) in [6.45, 7) is 9.91. The number of methoxy groups -OCH3 is 1. The van der Waals surface area contributed by atoms with Gasteiger partial charge in [-0.1, -0.05) is 30.3 Å². The van der Waals surface area contributed by atoms with E-state index in [4.69, 9.17) is 11.3 Å². The molecule has 38 heavy (non-hydrogen) atoms. The van der Waals surface area contributed by atoms with Crippen molar-refractivity contribution in [3.63, 3.8) is 0 Å². The van der Waals surface area contributed by atoms with Crippen molar-refractivity contribution in [1.82, 2.24) is 15.1 Å². The number of hydrogen-bond donors (Lipinski definition) is 2. The first-order valence-corrected chi connectivity index (χ1v) is 12.5. The molecule has 1 aliphatic carbocycles. The summed E-state index contributed by atoms with van der Waals surface area (Å²) in [5, 5.41) is 10.8. The smallest absolute Gasteiger partial charge is 0.274 e. The van der Waals surface area contributed by atoms with Crippen molar-refractivity contribution in [3.8, 4) is 11.4 Å². The fourth-order valence-corrected chi connectivity index (χ4v) is 4.39. The third kappa shape index (κ3) is 5.58. The molecule has 0 aliphatic heterocycles. The second-order valence-electron chi connectivity index (χ2n) is 9.47. The molecule has 1 aromatic heterocycles. The maximum absolute atomic E-state index is 15.0. The van der Waals surface area contributed by atoms with Gasteiger partial charge < -0.3 is 15.4 Å². The zero-order valence-corrected chi connectivity index (χ0v) is 21.2. The molecule has 7 nitrogen and oxygen atoms in total. The number of carbonyl (C=O) groups excluding carboxylic acids is 1. The lowest BCUT2D eigenvalue weighted by molar-refractivity contribution is 0.101. The van der Waals surface area contributed by atoms with Crippen LogP contribution >= 0.6 is 0 Å². The van der Waals surface area contributed by atoms with E-state index in [9.17, 15) is 9.18 Å². The van der Waals surface area contributed by atoms with Crippen molar-refractivity contribution in [2.45, 2.75) is 25.8 Å². The van der Waals surface area contributed by atoms with Crippen molar-refractivity contribution >= 4 is 17.3 Å². The van der Waals surface area contributed by atoms with Gasteiger partial charge in [0.05, 0.1) is 36.8 Å². The number of nitrogens with zero attached hydrogens (tertiary/aromatic N) is 3. The molecule has 0 saturated heterocycles.